The number of aliphatic carboxylic acids is 1. The monoisotopic (exact) mass is 493 g/mol. The highest BCUT2D eigenvalue weighted by Crippen LogP contribution is 2.26. The van der Waals surface area contributed by atoms with E-state index in [1.165, 1.54) is 29.9 Å². The lowest BCUT2D eigenvalue weighted by molar-refractivity contribution is -0.136. The van der Waals surface area contributed by atoms with Crippen molar-refractivity contribution in [2.75, 3.05) is 13.7 Å². The quantitative estimate of drug-likeness (QED) is 0.323. The molecule has 0 spiro atoms. The second-order valence-corrected chi connectivity index (χ2v) is 8.75. The number of amides is 1. The molecule has 36 heavy (non-hydrogen) atoms. The van der Waals surface area contributed by atoms with E-state index < -0.39 is 5.97 Å². The van der Waals surface area contributed by atoms with Gasteiger partial charge < -0.3 is 25.4 Å². The van der Waals surface area contributed by atoms with Gasteiger partial charge in [-0.25, -0.2) is 0 Å². The molecule has 0 aliphatic rings. The molecule has 0 fully saturated rings. The predicted octanol–water partition coefficient (Wildman–Crippen LogP) is 4.64. The zero-order chi connectivity index (χ0) is 26.7. The molecular formula is C29H35NO6. The van der Waals surface area contributed by atoms with Gasteiger partial charge in [-0.2, -0.15) is 0 Å². The Morgan fingerprint density at radius 1 is 0.778 bits per heavy atom. The van der Waals surface area contributed by atoms with Gasteiger partial charge in [-0.15, -0.1) is 0 Å². The van der Waals surface area contributed by atoms with Gasteiger partial charge >= 0.3 is 5.97 Å². The van der Waals surface area contributed by atoms with Gasteiger partial charge in [0.15, 0.2) is 11.5 Å². The Morgan fingerprint density at radius 2 is 1.39 bits per heavy atom. The van der Waals surface area contributed by atoms with Crippen molar-refractivity contribution >= 4 is 11.9 Å². The maximum atomic E-state index is 12.0. The number of ether oxygens (including phenoxy) is 1. The number of aryl methyl sites for hydroxylation is 4. The molecule has 0 radical (unpaired) electrons. The van der Waals surface area contributed by atoms with Crippen LogP contribution in [0, 0.1) is 20.8 Å². The number of benzene rings is 3. The van der Waals surface area contributed by atoms with E-state index in [1.54, 1.807) is 37.3 Å². The van der Waals surface area contributed by atoms with Crippen LogP contribution in [0.25, 0.3) is 0 Å². The smallest absolute Gasteiger partial charge is 0.307 e. The standard InChI is InChI=1S/C20H25NO3.C9H10O3/c1-14-6-7-16(11-15(14)2)5-4-10-21-20(23)13-17-8-9-18(22)19(12-17)24-3;1-6-4-7(5-9(11)12)2-3-8(6)10/h6-9,11-12,22H,4-5,10,13H2,1-3H3,(H,21,23);2-4,10H,5H2,1H3,(H,11,12). The fraction of sp³-hybridized carbons (Fsp3) is 0.310. The minimum Gasteiger partial charge on any atom is -0.508 e. The number of aromatic hydroxyl groups is 2. The third kappa shape index (κ3) is 9.33. The summed E-state index contributed by atoms with van der Waals surface area (Å²) in [4.78, 5) is 22.3. The lowest BCUT2D eigenvalue weighted by atomic mass is 10.0. The molecule has 0 unspecified atom stereocenters. The van der Waals surface area contributed by atoms with Crippen LogP contribution in [0.5, 0.6) is 17.2 Å². The van der Waals surface area contributed by atoms with Crippen LogP contribution >= 0.6 is 0 Å². The number of phenols is 2. The SMILES string of the molecule is COc1cc(CC(=O)NCCCc2ccc(C)c(C)c2)ccc1O.Cc1cc(CC(=O)O)ccc1O. The van der Waals surface area contributed by atoms with Gasteiger partial charge in [-0.05, 0) is 85.2 Å². The Balaban J connectivity index is 0.000000319. The van der Waals surface area contributed by atoms with Crippen molar-refractivity contribution in [2.24, 2.45) is 0 Å². The van der Waals surface area contributed by atoms with Crippen molar-refractivity contribution < 1.29 is 29.6 Å². The highest BCUT2D eigenvalue weighted by molar-refractivity contribution is 5.78. The van der Waals surface area contributed by atoms with E-state index in [1.807, 2.05) is 0 Å². The molecule has 0 atom stereocenters. The second kappa shape index (κ2) is 13.8. The molecule has 4 N–H and O–H groups in total. The summed E-state index contributed by atoms with van der Waals surface area (Å²) in [5, 5.41) is 30.1. The van der Waals surface area contributed by atoms with Gasteiger partial charge in [0, 0.05) is 6.54 Å². The first kappa shape index (κ1) is 28.2. The topological polar surface area (TPSA) is 116 Å². The third-order valence-corrected chi connectivity index (χ3v) is 5.76. The van der Waals surface area contributed by atoms with Crippen molar-refractivity contribution in [3.63, 3.8) is 0 Å². The highest BCUT2D eigenvalue weighted by atomic mass is 16.5. The largest absolute Gasteiger partial charge is 0.508 e. The number of carbonyl (C=O) groups excluding carboxylic acids is 1. The van der Waals surface area contributed by atoms with Gasteiger partial charge in [0.2, 0.25) is 5.91 Å². The van der Waals surface area contributed by atoms with E-state index in [2.05, 4.69) is 37.4 Å². The van der Waals surface area contributed by atoms with Crippen LogP contribution in [0.2, 0.25) is 0 Å². The fourth-order valence-corrected chi connectivity index (χ4v) is 3.56. The summed E-state index contributed by atoms with van der Waals surface area (Å²) in [5.74, 6) is -0.225. The second-order valence-electron chi connectivity index (χ2n) is 8.75. The number of hydrogen-bond donors (Lipinski definition) is 4. The molecule has 0 saturated heterocycles. The van der Waals surface area contributed by atoms with Crippen LogP contribution in [0.15, 0.2) is 54.6 Å². The lowest BCUT2D eigenvalue weighted by Gasteiger charge is -2.08. The molecule has 0 aromatic heterocycles. The Morgan fingerprint density at radius 3 is 2.00 bits per heavy atom. The van der Waals surface area contributed by atoms with Gasteiger partial charge in [-0.3, -0.25) is 9.59 Å². The number of rotatable bonds is 9. The summed E-state index contributed by atoms with van der Waals surface area (Å²) in [5.41, 5.74) is 6.13. The average molecular weight is 494 g/mol. The van der Waals surface area contributed by atoms with Crippen molar-refractivity contribution in [3.05, 3.63) is 88.0 Å². The summed E-state index contributed by atoms with van der Waals surface area (Å²) >= 11 is 0. The van der Waals surface area contributed by atoms with Gasteiger partial charge in [-0.1, -0.05) is 36.4 Å². The summed E-state index contributed by atoms with van der Waals surface area (Å²) < 4.78 is 5.05. The van der Waals surface area contributed by atoms with Gasteiger partial charge in [0.1, 0.15) is 5.75 Å². The Kier molecular flexibility index (Phi) is 10.8. The number of carboxylic acids is 1. The maximum Gasteiger partial charge on any atom is 0.307 e. The zero-order valence-corrected chi connectivity index (χ0v) is 21.3. The first-order valence-corrected chi connectivity index (χ1v) is 11.8. The summed E-state index contributed by atoms with van der Waals surface area (Å²) in [7, 11) is 1.49. The molecule has 0 bridgehead atoms. The van der Waals surface area contributed by atoms with Gasteiger partial charge in [0.25, 0.3) is 0 Å². The first-order chi connectivity index (χ1) is 17.1. The third-order valence-electron chi connectivity index (χ3n) is 5.76. The molecule has 3 aromatic carbocycles. The molecule has 192 valence electrons. The number of phenolic OH excluding ortho intramolecular Hbond substituents is 2. The average Bonchev–Trinajstić information content (AvgIpc) is 2.82. The maximum absolute atomic E-state index is 12.0. The Bertz CT molecular complexity index is 1190. The predicted molar refractivity (Wildman–Crippen MR) is 140 cm³/mol. The van der Waals surface area contributed by atoms with Crippen LogP contribution in [0.4, 0.5) is 0 Å². The van der Waals surface area contributed by atoms with E-state index in [9.17, 15) is 14.7 Å². The van der Waals surface area contributed by atoms with E-state index in [0.29, 0.717) is 23.4 Å². The fourth-order valence-electron chi connectivity index (χ4n) is 3.56. The molecule has 3 rings (SSSR count). The normalized spacial score (nSPS) is 10.2. The Labute approximate surface area is 212 Å². The minimum atomic E-state index is -0.861. The van der Waals surface area contributed by atoms with Crippen LogP contribution in [0.3, 0.4) is 0 Å². The molecule has 0 heterocycles. The molecule has 1 amide bonds. The van der Waals surface area contributed by atoms with Crippen LogP contribution in [-0.4, -0.2) is 40.9 Å². The van der Waals surface area contributed by atoms with Crippen LogP contribution < -0.4 is 10.1 Å². The summed E-state index contributed by atoms with van der Waals surface area (Å²) in [6.45, 7) is 6.62. The number of carboxylic acid groups (broad SMARTS) is 1. The van der Waals surface area contributed by atoms with E-state index in [0.717, 1.165) is 18.4 Å². The zero-order valence-electron chi connectivity index (χ0n) is 21.3. The minimum absolute atomic E-state index is 0.00111. The molecular weight excluding hydrogens is 458 g/mol. The number of carbonyl (C=O) groups is 2. The highest BCUT2D eigenvalue weighted by Gasteiger charge is 2.07. The molecule has 3 aromatic rings. The van der Waals surface area contributed by atoms with E-state index >= 15 is 0 Å². The van der Waals surface area contributed by atoms with Crippen LogP contribution in [0.1, 0.15) is 39.8 Å². The number of hydrogen-bond acceptors (Lipinski definition) is 5. The lowest BCUT2D eigenvalue weighted by Crippen LogP contribution is -2.26. The molecule has 7 nitrogen and oxygen atoms in total. The van der Waals surface area contributed by atoms with E-state index in [-0.39, 0.29) is 30.2 Å². The first-order valence-electron chi connectivity index (χ1n) is 11.8. The molecule has 0 aliphatic carbocycles. The Hall–Kier alpha value is -4.00. The summed E-state index contributed by atoms with van der Waals surface area (Å²) in [6.07, 6.45) is 2.14. The van der Waals surface area contributed by atoms with Crippen molar-refractivity contribution in [2.45, 2.75) is 46.5 Å². The number of nitrogens with one attached hydrogen (secondary N) is 1. The van der Waals surface area contributed by atoms with Crippen LogP contribution in [-0.2, 0) is 28.9 Å². The van der Waals surface area contributed by atoms with Crippen molar-refractivity contribution in [3.8, 4) is 17.2 Å². The number of methoxy groups -OCH3 is 1. The van der Waals surface area contributed by atoms with Crippen molar-refractivity contribution in [1.82, 2.24) is 5.32 Å². The van der Waals surface area contributed by atoms with Crippen molar-refractivity contribution in [1.29, 1.82) is 0 Å². The molecule has 0 aliphatic heterocycles. The van der Waals surface area contributed by atoms with Gasteiger partial charge in [0.05, 0.1) is 20.0 Å². The molecule has 7 heteroatoms. The summed E-state index contributed by atoms with van der Waals surface area (Å²) in [6, 6.07) is 16.2. The van der Waals surface area contributed by atoms with E-state index in [4.69, 9.17) is 14.9 Å². The molecule has 0 saturated carbocycles.